The number of fused-ring (bicyclic) bond motifs is 1. The monoisotopic (exact) mass is 497 g/mol. The van der Waals surface area contributed by atoms with Gasteiger partial charge in [0.05, 0.1) is 17.7 Å². The van der Waals surface area contributed by atoms with Crippen LogP contribution in [0.2, 0.25) is 0 Å². The van der Waals surface area contributed by atoms with Crippen LogP contribution in [0.15, 0.2) is 69.9 Å². The second-order valence-electron chi connectivity index (χ2n) is 7.36. The molecule has 0 aliphatic heterocycles. The Labute approximate surface area is 202 Å². The Morgan fingerprint density at radius 2 is 1.88 bits per heavy atom. The number of nitrogens with two attached hydrogens (primary N) is 1. The highest BCUT2D eigenvalue weighted by atomic mass is 32.2. The molecule has 174 valence electrons. The minimum absolute atomic E-state index is 0.0631. The highest BCUT2D eigenvalue weighted by molar-refractivity contribution is 7.99. The van der Waals surface area contributed by atoms with Gasteiger partial charge in [0, 0.05) is 23.7 Å². The largest absolute Gasteiger partial charge is 0.336 e. The second-order valence-corrected chi connectivity index (χ2v) is 9.16. The molecule has 2 aromatic carbocycles. The molecule has 0 atom stereocenters. The number of nitrogens with one attached hydrogen (secondary N) is 1. The number of hydrogen-bond donors (Lipinski definition) is 2. The van der Waals surface area contributed by atoms with Gasteiger partial charge in [-0.25, -0.2) is 14.1 Å². The molecule has 4 aromatic rings. The van der Waals surface area contributed by atoms with Crippen molar-refractivity contribution in [2.24, 2.45) is 0 Å². The molecule has 0 radical (unpaired) electrons. The number of nitrogens with zero attached hydrogens (tertiary/aromatic N) is 3. The van der Waals surface area contributed by atoms with Crippen LogP contribution >= 0.6 is 23.1 Å². The van der Waals surface area contributed by atoms with Gasteiger partial charge in [0.1, 0.15) is 10.6 Å². The molecule has 11 heteroatoms. The van der Waals surface area contributed by atoms with Crippen LogP contribution < -0.4 is 16.7 Å². The van der Waals surface area contributed by atoms with Gasteiger partial charge in [-0.2, -0.15) is 0 Å². The highest BCUT2D eigenvalue weighted by Crippen LogP contribution is 2.31. The van der Waals surface area contributed by atoms with E-state index in [1.807, 2.05) is 35.7 Å². The quantitative estimate of drug-likeness (QED) is 0.231. The van der Waals surface area contributed by atoms with E-state index in [9.17, 15) is 18.8 Å². The zero-order valence-corrected chi connectivity index (χ0v) is 19.7. The first-order valence-electron chi connectivity index (χ1n) is 10.1. The summed E-state index contributed by atoms with van der Waals surface area (Å²) in [6, 6.07) is 14.8. The number of carbonyl (C=O) groups excluding carboxylic acids is 2. The summed E-state index contributed by atoms with van der Waals surface area (Å²) < 4.78 is 13.9. The molecule has 0 bridgehead atoms. The van der Waals surface area contributed by atoms with E-state index in [0.29, 0.717) is 15.9 Å². The molecule has 0 saturated heterocycles. The summed E-state index contributed by atoms with van der Waals surface area (Å²) in [5.74, 6) is 4.77. The third-order valence-electron chi connectivity index (χ3n) is 4.95. The molecular weight excluding hydrogens is 477 g/mol. The van der Waals surface area contributed by atoms with Crippen LogP contribution in [0.4, 0.5) is 10.1 Å². The molecular formula is C23H20FN5O3S2. The summed E-state index contributed by atoms with van der Waals surface area (Å²) in [5, 5.41) is 5.10. The van der Waals surface area contributed by atoms with Crippen molar-refractivity contribution in [1.82, 2.24) is 14.6 Å². The lowest BCUT2D eigenvalue weighted by molar-refractivity contribution is -0.131. The number of amides is 2. The van der Waals surface area contributed by atoms with Crippen molar-refractivity contribution in [3.63, 3.8) is 0 Å². The van der Waals surface area contributed by atoms with Crippen molar-refractivity contribution >= 4 is 50.8 Å². The SMILES string of the molecule is CN(CC(=O)Nc1ccc(F)cc1)C(=O)CSc1nc2scc(-c3ccccc3)c2c(=O)n1N. The Bertz CT molecular complexity index is 1400. The minimum atomic E-state index is -0.422. The average molecular weight is 498 g/mol. The van der Waals surface area contributed by atoms with Gasteiger partial charge in [0.15, 0.2) is 5.16 Å². The van der Waals surface area contributed by atoms with E-state index in [4.69, 9.17) is 5.84 Å². The van der Waals surface area contributed by atoms with Crippen LogP contribution in [-0.4, -0.2) is 45.7 Å². The van der Waals surface area contributed by atoms with Gasteiger partial charge < -0.3 is 16.1 Å². The van der Waals surface area contributed by atoms with E-state index in [2.05, 4.69) is 10.3 Å². The fraction of sp³-hybridized carbons (Fsp3) is 0.130. The van der Waals surface area contributed by atoms with Crippen molar-refractivity contribution in [1.29, 1.82) is 0 Å². The summed E-state index contributed by atoms with van der Waals surface area (Å²) in [5.41, 5.74) is 1.68. The van der Waals surface area contributed by atoms with Gasteiger partial charge in [-0.3, -0.25) is 14.4 Å². The van der Waals surface area contributed by atoms with E-state index >= 15 is 0 Å². The molecule has 0 aliphatic carbocycles. The molecule has 2 amide bonds. The van der Waals surface area contributed by atoms with Crippen molar-refractivity contribution in [2.75, 3.05) is 30.5 Å². The molecule has 2 heterocycles. The number of thioether (sulfide) groups is 1. The topological polar surface area (TPSA) is 110 Å². The third kappa shape index (κ3) is 5.10. The van der Waals surface area contributed by atoms with Gasteiger partial charge in [0.2, 0.25) is 11.8 Å². The fourth-order valence-electron chi connectivity index (χ4n) is 3.19. The van der Waals surface area contributed by atoms with Gasteiger partial charge >= 0.3 is 0 Å². The van der Waals surface area contributed by atoms with Crippen molar-refractivity contribution < 1.29 is 14.0 Å². The molecule has 34 heavy (non-hydrogen) atoms. The van der Waals surface area contributed by atoms with E-state index in [-0.39, 0.29) is 23.4 Å². The molecule has 4 rings (SSSR count). The number of benzene rings is 2. The lowest BCUT2D eigenvalue weighted by Gasteiger charge is -2.17. The first kappa shape index (κ1) is 23.5. The van der Waals surface area contributed by atoms with Crippen LogP contribution in [-0.2, 0) is 9.59 Å². The molecule has 0 saturated carbocycles. The Morgan fingerprint density at radius 1 is 1.18 bits per heavy atom. The third-order valence-corrected chi connectivity index (χ3v) is 6.76. The maximum Gasteiger partial charge on any atom is 0.282 e. The average Bonchev–Trinajstić information content (AvgIpc) is 3.26. The zero-order chi connectivity index (χ0) is 24.2. The predicted molar refractivity (Wildman–Crippen MR) is 133 cm³/mol. The number of thiophene rings is 1. The lowest BCUT2D eigenvalue weighted by atomic mass is 10.1. The van der Waals surface area contributed by atoms with E-state index < -0.39 is 17.3 Å². The number of hydrogen-bond acceptors (Lipinski definition) is 7. The molecule has 3 N–H and O–H groups in total. The number of aromatic nitrogens is 2. The standard InChI is InChI=1S/C23H20FN5O3S2/c1-28(11-18(30)26-16-9-7-15(24)8-10-16)19(31)13-34-23-27-21-20(22(32)29(23)25)17(12-33-21)14-5-3-2-4-6-14/h2-10,12H,11,13,25H2,1H3,(H,26,30). The molecule has 8 nitrogen and oxygen atoms in total. The summed E-state index contributed by atoms with van der Waals surface area (Å²) in [6.07, 6.45) is 0. The maximum absolute atomic E-state index is 13.0. The van der Waals surface area contributed by atoms with Crippen LogP contribution in [0, 0.1) is 5.82 Å². The summed E-state index contributed by atoms with van der Waals surface area (Å²) in [4.78, 5) is 43.9. The normalized spacial score (nSPS) is 10.9. The molecule has 0 aliphatic rings. The highest BCUT2D eigenvalue weighted by Gasteiger charge is 2.19. The Hall–Kier alpha value is -3.70. The van der Waals surface area contributed by atoms with Gasteiger partial charge in [0.25, 0.3) is 5.56 Å². The first-order valence-corrected chi connectivity index (χ1v) is 12.0. The van der Waals surface area contributed by atoms with E-state index in [1.165, 1.54) is 47.5 Å². The summed E-state index contributed by atoms with van der Waals surface area (Å²) >= 11 is 2.35. The number of carbonyl (C=O) groups is 2. The number of rotatable bonds is 7. The summed E-state index contributed by atoms with van der Waals surface area (Å²) in [7, 11) is 1.49. The number of nitrogen functional groups attached to an aromatic ring is 1. The Balaban J connectivity index is 1.42. The van der Waals surface area contributed by atoms with Crippen molar-refractivity contribution in [2.45, 2.75) is 5.16 Å². The minimum Gasteiger partial charge on any atom is -0.336 e. The second kappa shape index (κ2) is 10.1. The van der Waals surface area contributed by atoms with Gasteiger partial charge in [-0.1, -0.05) is 42.1 Å². The predicted octanol–water partition coefficient (Wildman–Crippen LogP) is 3.17. The van der Waals surface area contributed by atoms with Crippen LogP contribution in [0.5, 0.6) is 0 Å². The molecule has 2 aromatic heterocycles. The van der Waals surface area contributed by atoms with Gasteiger partial charge in [-0.05, 0) is 29.8 Å². The van der Waals surface area contributed by atoms with Crippen LogP contribution in [0.1, 0.15) is 0 Å². The van der Waals surface area contributed by atoms with E-state index in [1.54, 1.807) is 0 Å². The van der Waals surface area contributed by atoms with Gasteiger partial charge in [-0.15, -0.1) is 11.3 Å². The lowest BCUT2D eigenvalue weighted by Crippen LogP contribution is -2.36. The fourth-order valence-corrected chi connectivity index (χ4v) is 5.04. The number of halogens is 1. The molecule has 0 spiro atoms. The summed E-state index contributed by atoms with van der Waals surface area (Å²) in [6.45, 7) is -0.190. The zero-order valence-electron chi connectivity index (χ0n) is 18.0. The first-order chi connectivity index (χ1) is 16.3. The maximum atomic E-state index is 13.0. The number of likely N-dealkylation sites (N-methyl/N-ethyl adjacent to an activating group) is 1. The van der Waals surface area contributed by atoms with Crippen LogP contribution in [0.3, 0.4) is 0 Å². The van der Waals surface area contributed by atoms with Crippen LogP contribution in [0.25, 0.3) is 21.3 Å². The Morgan fingerprint density at radius 3 is 2.59 bits per heavy atom. The van der Waals surface area contributed by atoms with Crippen molar-refractivity contribution in [3.05, 3.63) is 76.1 Å². The molecule has 0 fully saturated rings. The van der Waals surface area contributed by atoms with Crippen molar-refractivity contribution in [3.8, 4) is 11.1 Å². The molecule has 0 unspecified atom stereocenters. The smallest absolute Gasteiger partial charge is 0.282 e. The van der Waals surface area contributed by atoms with E-state index in [0.717, 1.165) is 27.6 Å². The number of anilines is 1. The Kier molecular flexibility index (Phi) is 6.94.